The van der Waals surface area contributed by atoms with E-state index in [-0.39, 0.29) is 17.5 Å². The molecule has 3 aliphatic heterocycles. The van der Waals surface area contributed by atoms with Crippen LogP contribution >= 0.6 is 0 Å². The monoisotopic (exact) mass is 432 g/mol. The van der Waals surface area contributed by atoms with Crippen LogP contribution in [0.1, 0.15) is 24.3 Å². The molecule has 2 aromatic rings. The van der Waals surface area contributed by atoms with Gasteiger partial charge in [0.25, 0.3) is 0 Å². The molecule has 0 spiro atoms. The summed E-state index contributed by atoms with van der Waals surface area (Å²) in [4.78, 5) is 19.6. The Kier molecular flexibility index (Phi) is 6.27. The van der Waals surface area contributed by atoms with Crippen LogP contribution in [-0.4, -0.2) is 49.2 Å². The maximum Gasteiger partial charge on any atom is 0.573 e. The zero-order valence-electron chi connectivity index (χ0n) is 16.8. The summed E-state index contributed by atoms with van der Waals surface area (Å²) in [7, 11) is 0. The number of carbonyl (C=O) groups excluding carboxylic acids is 1. The number of aliphatic imine (C=N–C) groups is 1. The number of halogens is 3. The highest BCUT2D eigenvalue weighted by molar-refractivity contribution is 5.97. The van der Waals surface area contributed by atoms with Gasteiger partial charge in [-0.25, -0.2) is 0 Å². The third-order valence-corrected chi connectivity index (χ3v) is 5.70. The van der Waals surface area contributed by atoms with Crippen LogP contribution in [0.4, 0.5) is 18.9 Å². The van der Waals surface area contributed by atoms with Gasteiger partial charge >= 0.3 is 12.3 Å². The largest absolute Gasteiger partial charge is 0.573 e. The van der Waals surface area contributed by atoms with Gasteiger partial charge in [0, 0.05) is 18.8 Å². The first-order valence-corrected chi connectivity index (χ1v) is 10.3. The number of hydrogen-bond acceptors (Lipinski definition) is 5. The summed E-state index contributed by atoms with van der Waals surface area (Å²) < 4.78 is 47.2. The Balaban J connectivity index is 1.52. The van der Waals surface area contributed by atoms with E-state index in [4.69, 9.17) is 4.74 Å². The molecular formula is C23H23F3N2O3. The highest BCUT2D eigenvalue weighted by Gasteiger charge is 2.37. The molecule has 3 fully saturated rings. The summed E-state index contributed by atoms with van der Waals surface area (Å²) in [6, 6.07) is 14.4. The molecule has 0 N–H and O–H groups in total. The van der Waals surface area contributed by atoms with Gasteiger partial charge in [-0.05, 0) is 49.5 Å². The van der Waals surface area contributed by atoms with E-state index in [1.165, 1.54) is 24.4 Å². The Morgan fingerprint density at radius 3 is 2.48 bits per heavy atom. The minimum absolute atomic E-state index is 0.141. The van der Waals surface area contributed by atoms with E-state index in [1.807, 2.05) is 18.2 Å². The number of hydrogen-bond donors (Lipinski definition) is 0. The van der Waals surface area contributed by atoms with Crippen molar-refractivity contribution in [1.29, 1.82) is 0 Å². The number of piperidine rings is 3. The van der Waals surface area contributed by atoms with Gasteiger partial charge in [0.05, 0.1) is 5.69 Å². The molecule has 0 saturated carbocycles. The molecular weight excluding hydrogens is 409 g/mol. The summed E-state index contributed by atoms with van der Waals surface area (Å²) in [6.07, 6.45) is -1.46. The van der Waals surface area contributed by atoms with Crippen LogP contribution in [0.15, 0.2) is 59.6 Å². The Morgan fingerprint density at radius 2 is 1.84 bits per heavy atom. The SMILES string of the molecule is O=C(OC1CN2CCC1CC2)C(C=Nc1cccc(OC(F)(F)F)c1)c1ccccc1. The Labute approximate surface area is 178 Å². The van der Waals surface area contributed by atoms with Crippen molar-refractivity contribution in [3.05, 3.63) is 60.2 Å². The van der Waals surface area contributed by atoms with Crippen LogP contribution in [0.25, 0.3) is 0 Å². The van der Waals surface area contributed by atoms with E-state index in [0.29, 0.717) is 11.5 Å². The van der Waals surface area contributed by atoms with Gasteiger partial charge in [-0.15, -0.1) is 13.2 Å². The number of benzene rings is 2. The van der Waals surface area contributed by atoms with E-state index in [2.05, 4.69) is 14.6 Å². The minimum Gasteiger partial charge on any atom is -0.460 e. The van der Waals surface area contributed by atoms with Crippen molar-refractivity contribution in [1.82, 2.24) is 4.90 Å². The summed E-state index contributed by atoms with van der Waals surface area (Å²) in [6.45, 7) is 2.82. The summed E-state index contributed by atoms with van der Waals surface area (Å²) in [5.41, 5.74) is 0.957. The smallest absolute Gasteiger partial charge is 0.460 e. The van der Waals surface area contributed by atoms with Crippen molar-refractivity contribution in [2.75, 3.05) is 19.6 Å². The molecule has 0 radical (unpaired) electrons. The fourth-order valence-corrected chi connectivity index (χ4v) is 4.13. The number of esters is 1. The molecule has 0 amide bonds. The fourth-order valence-electron chi connectivity index (χ4n) is 4.13. The summed E-state index contributed by atoms with van der Waals surface area (Å²) in [5.74, 6) is -1.16. The highest BCUT2D eigenvalue weighted by atomic mass is 19.4. The van der Waals surface area contributed by atoms with Crippen LogP contribution < -0.4 is 4.74 Å². The molecule has 3 aliphatic rings. The molecule has 5 rings (SSSR count). The Morgan fingerprint density at radius 1 is 1.10 bits per heavy atom. The third-order valence-electron chi connectivity index (χ3n) is 5.70. The van der Waals surface area contributed by atoms with E-state index < -0.39 is 18.2 Å². The van der Waals surface area contributed by atoms with Crippen LogP contribution in [0.3, 0.4) is 0 Å². The Bertz CT molecular complexity index is 925. The lowest BCUT2D eigenvalue weighted by Crippen LogP contribution is -2.52. The third kappa shape index (κ3) is 5.64. The lowest BCUT2D eigenvalue weighted by molar-refractivity contribution is -0.274. The van der Waals surface area contributed by atoms with Gasteiger partial charge in [-0.3, -0.25) is 14.7 Å². The van der Waals surface area contributed by atoms with E-state index in [0.717, 1.165) is 32.5 Å². The van der Waals surface area contributed by atoms with Crippen LogP contribution in [-0.2, 0) is 9.53 Å². The average Bonchev–Trinajstić information content (AvgIpc) is 2.74. The second-order valence-corrected chi connectivity index (χ2v) is 7.83. The number of rotatable bonds is 6. The van der Waals surface area contributed by atoms with Crippen molar-refractivity contribution < 1.29 is 27.4 Å². The number of nitrogens with zero attached hydrogens (tertiary/aromatic N) is 2. The maximum absolute atomic E-state index is 13.1. The first kappa shape index (κ1) is 21.4. The maximum atomic E-state index is 13.1. The van der Waals surface area contributed by atoms with Gasteiger partial charge in [-0.2, -0.15) is 0 Å². The van der Waals surface area contributed by atoms with E-state index in [1.54, 1.807) is 18.2 Å². The molecule has 164 valence electrons. The normalized spacial score (nSPS) is 24.2. The standard InChI is InChI=1S/C23H23F3N2O3/c24-23(25,26)31-19-8-4-7-18(13-19)27-14-20(16-5-2-1-3-6-16)22(29)30-21-15-28-11-9-17(21)10-12-28/h1-8,13-14,17,20-21H,9-12,15H2. The molecule has 0 aliphatic carbocycles. The molecule has 2 atom stereocenters. The molecule has 0 aromatic heterocycles. The van der Waals surface area contributed by atoms with Gasteiger partial charge in [0.2, 0.25) is 0 Å². The first-order valence-electron chi connectivity index (χ1n) is 10.3. The van der Waals surface area contributed by atoms with E-state index >= 15 is 0 Å². The molecule has 2 bridgehead atoms. The van der Waals surface area contributed by atoms with Crippen molar-refractivity contribution >= 4 is 17.9 Å². The van der Waals surface area contributed by atoms with Gasteiger partial charge in [-0.1, -0.05) is 36.4 Å². The zero-order valence-corrected chi connectivity index (χ0v) is 16.8. The van der Waals surface area contributed by atoms with Crippen LogP contribution in [0.5, 0.6) is 5.75 Å². The van der Waals surface area contributed by atoms with Gasteiger partial charge in [0.15, 0.2) is 0 Å². The number of ether oxygens (including phenoxy) is 2. The summed E-state index contributed by atoms with van der Waals surface area (Å²) in [5, 5.41) is 0. The lowest BCUT2D eigenvalue weighted by Gasteiger charge is -2.44. The van der Waals surface area contributed by atoms with Crippen molar-refractivity contribution in [3.8, 4) is 5.75 Å². The topological polar surface area (TPSA) is 51.1 Å². The first-order chi connectivity index (χ1) is 14.9. The number of alkyl halides is 3. The van der Waals surface area contributed by atoms with Crippen molar-refractivity contribution in [2.45, 2.75) is 31.2 Å². The predicted octanol–water partition coefficient (Wildman–Crippen LogP) is 4.71. The summed E-state index contributed by atoms with van der Waals surface area (Å²) >= 11 is 0. The van der Waals surface area contributed by atoms with Gasteiger partial charge < -0.3 is 9.47 Å². The quantitative estimate of drug-likeness (QED) is 0.490. The number of fused-ring (bicyclic) bond motifs is 3. The average molecular weight is 432 g/mol. The van der Waals surface area contributed by atoms with Gasteiger partial charge in [0.1, 0.15) is 17.8 Å². The molecule has 3 saturated heterocycles. The predicted molar refractivity (Wildman–Crippen MR) is 110 cm³/mol. The van der Waals surface area contributed by atoms with E-state index in [9.17, 15) is 18.0 Å². The van der Waals surface area contributed by atoms with Crippen molar-refractivity contribution in [3.63, 3.8) is 0 Å². The molecule has 3 heterocycles. The lowest BCUT2D eigenvalue weighted by atomic mass is 9.85. The van der Waals surface area contributed by atoms with Crippen LogP contribution in [0, 0.1) is 5.92 Å². The second kappa shape index (κ2) is 9.09. The van der Waals surface area contributed by atoms with Crippen molar-refractivity contribution in [2.24, 2.45) is 10.9 Å². The number of carbonyl (C=O) groups is 1. The Hall–Kier alpha value is -2.87. The fraction of sp³-hybridized carbons (Fsp3) is 0.391. The zero-order chi connectivity index (χ0) is 21.8. The second-order valence-electron chi connectivity index (χ2n) is 7.83. The molecule has 2 aromatic carbocycles. The molecule has 8 heteroatoms. The molecule has 5 nitrogen and oxygen atoms in total. The molecule has 2 unspecified atom stereocenters. The minimum atomic E-state index is -4.78. The van der Waals surface area contributed by atoms with Crippen LogP contribution in [0.2, 0.25) is 0 Å². The molecule has 31 heavy (non-hydrogen) atoms. The highest BCUT2D eigenvalue weighted by Crippen LogP contribution is 2.31.